The molecule has 1 amide bonds. The number of nitrogens with zero attached hydrogens (tertiary/aromatic N) is 2. The number of benzene rings is 2. The standard InChI is InChI=1S/C26H26N4O3/c27-14-15-4-11-22-20(12-15)25(23-2-1-3-24(32)30(22)23)16-5-10-19(26(28)33)21(13-16)29-17-6-8-18(31)9-7-17/h4-5,10-13,17-18,29,31H,1-3,6-9H2,(H2,28,33)/t17-,18-. The molecule has 7 heteroatoms. The normalized spacial score (nSPS) is 20.3. The highest BCUT2D eigenvalue weighted by atomic mass is 16.3. The van der Waals surface area contributed by atoms with Crippen LogP contribution < -0.4 is 11.1 Å². The van der Waals surface area contributed by atoms with Crippen molar-refractivity contribution in [2.45, 2.75) is 57.1 Å². The van der Waals surface area contributed by atoms with Gasteiger partial charge in [0.25, 0.3) is 5.91 Å². The Morgan fingerprint density at radius 2 is 1.91 bits per heavy atom. The van der Waals surface area contributed by atoms with Crippen LogP contribution in [0.15, 0.2) is 36.4 Å². The van der Waals surface area contributed by atoms with E-state index in [2.05, 4.69) is 11.4 Å². The highest BCUT2D eigenvalue weighted by Crippen LogP contribution is 2.40. The van der Waals surface area contributed by atoms with Crippen LogP contribution in [-0.4, -0.2) is 33.6 Å². The summed E-state index contributed by atoms with van der Waals surface area (Å²) in [4.78, 5) is 24.9. The maximum absolute atomic E-state index is 12.8. The zero-order chi connectivity index (χ0) is 23.1. The van der Waals surface area contributed by atoms with Crippen molar-refractivity contribution in [2.75, 3.05) is 5.32 Å². The third kappa shape index (κ3) is 3.77. The first-order valence-electron chi connectivity index (χ1n) is 11.5. The van der Waals surface area contributed by atoms with E-state index in [9.17, 15) is 20.0 Å². The number of hydrogen-bond acceptors (Lipinski definition) is 5. The van der Waals surface area contributed by atoms with E-state index in [1.807, 2.05) is 24.3 Å². The Morgan fingerprint density at radius 1 is 1.12 bits per heavy atom. The first-order chi connectivity index (χ1) is 16.0. The van der Waals surface area contributed by atoms with E-state index in [-0.39, 0.29) is 18.1 Å². The number of amides is 1. The number of carbonyl (C=O) groups is 2. The van der Waals surface area contributed by atoms with Crippen molar-refractivity contribution in [1.29, 1.82) is 5.26 Å². The number of rotatable bonds is 4. The van der Waals surface area contributed by atoms with E-state index in [1.54, 1.807) is 16.7 Å². The molecule has 1 aliphatic heterocycles. The highest BCUT2D eigenvalue weighted by molar-refractivity contribution is 6.06. The molecule has 5 rings (SSSR count). The van der Waals surface area contributed by atoms with Gasteiger partial charge in [0.1, 0.15) is 0 Å². The van der Waals surface area contributed by atoms with Gasteiger partial charge in [-0.25, -0.2) is 0 Å². The Balaban J connectivity index is 1.66. The van der Waals surface area contributed by atoms with Gasteiger partial charge >= 0.3 is 0 Å². The fourth-order valence-electron chi connectivity index (χ4n) is 5.25. The summed E-state index contributed by atoms with van der Waals surface area (Å²) in [5.74, 6) is -0.448. The number of primary amides is 1. The van der Waals surface area contributed by atoms with Crippen molar-refractivity contribution in [3.8, 4) is 17.2 Å². The predicted octanol–water partition coefficient (Wildman–Crippen LogP) is 3.97. The molecule has 2 heterocycles. The van der Waals surface area contributed by atoms with Gasteiger partial charge in [-0.3, -0.25) is 14.2 Å². The van der Waals surface area contributed by atoms with Crippen LogP contribution in [0.2, 0.25) is 0 Å². The van der Waals surface area contributed by atoms with E-state index in [0.29, 0.717) is 23.2 Å². The summed E-state index contributed by atoms with van der Waals surface area (Å²) in [6.45, 7) is 0. The lowest BCUT2D eigenvalue weighted by Crippen LogP contribution is -2.29. The minimum Gasteiger partial charge on any atom is -0.393 e. The predicted molar refractivity (Wildman–Crippen MR) is 126 cm³/mol. The van der Waals surface area contributed by atoms with Crippen molar-refractivity contribution in [3.05, 3.63) is 53.2 Å². The maximum atomic E-state index is 12.8. The van der Waals surface area contributed by atoms with Crippen LogP contribution in [0.3, 0.4) is 0 Å². The van der Waals surface area contributed by atoms with Gasteiger partial charge in [-0.15, -0.1) is 0 Å². The lowest BCUT2D eigenvalue weighted by Gasteiger charge is -2.28. The SMILES string of the molecule is N#Cc1ccc2c(c1)c(-c1ccc(C(N)=O)c(N[C@H]3CC[C@H](O)CC3)c1)c1n2C(=O)CCC1. The Morgan fingerprint density at radius 3 is 2.64 bits per heavy atom. The zero-order valence-electron chi connectivity index (χ0n) is 18.3. The van der Waals surface area contributed by atoms with E-state index < -0.39 is 5.91 Å². The number of aliphatic hydroxyl groups excluding tert-OH is 1. The van der Waals surface area contributed by atoms with Gasteiger partial charge in [-0.05, 0) is 74.4 Å². The van der Waals surface area contributed by atoms with Crippen LogP contribution in [0.4, 0.5) is 5.69 Å². The molecule has 0 saturated heterocycles. The lowest BCUT2D eigenvalue weighted by atomic mass is 9.92. The molecule has 0 bridgehead atoms. The third-order valence-corrected chi connectivity index (χ3v) is 6.88. The number of hydrogen-bond donors (Lipinski definition) is 3. The number of fused-ring (bicyclic) bond motifs is 3. The molecule has 1 aliphatic carbocycles. The molecule has 0 atom stereocenters. The molecule has 0 spiro atoms. The van der Waals surface area contributed by atoms with Gasteiger partial charge < -0.3 is 16.2 Å². The zero-order valence-corrected chi connectivity index (χ0v) is 18.3. The number of aromatic nitrogens is 1. The topological polar surface area (TPSA) is 121 Å². The molecule has 3 aromatic rings. The monoisotopic (exact) mass is 442 g/mol. The second-order valence-corrected chi connectivity index (χ2v) is 9.02. The molecule has 1 fully saturated rings. The van der Waals surface area contributed by atoms with Crippen LogP contribution in [0.25, 0.3) is 22.0 Å². The maximum Gasteiger partial charge on any atom is 0.250 e. The molecule has 2 aliphatic rings. The van der Waals surface area contributed by atoms with Gasteiger partial charge in [0.2, 0.25) is 5.91 Å². The van der Waals surface area contributed by atoms with Crippen molar-refractivity contribution in [1.82, 2.24) is 4.57 Å². The quantitative estimate of drug-likeness (QED) is 0.564. The first kappa shape index (κ1) is 21.2. The third-order valence-electron chi connectivity index (χ3n) is 6.88. The minimum absolute atomic E-state index is 0.0603. The summed E-state index contributed by atoms with van der Waals surface area (Å²) in [5.41, 5.74) is 10.8. The number of nitriles is 1. The fraction of sp³-hybridized carbons (Fsp3) is 0.346. The van der Waals surface area contributed by atoms with Gasteiger partial charge in [0, 0.05) is 34.8 Å². The Labute approximate surface area is 191 Å². The van der Waals surface area contributed by atoms with E-state index >= 15 is 0 Å². The number of carbonyl (C=O) groups excluding carboxylic acids is 2. The summed E-state index contributed by atoms with van der Waals surface area (Å²) in [6, 6.07) is 13.3. The van der Waals surface area contributed by atoms with E-state index in [1.165, 1.54) is 0 Å². The molecule has 2 aromatic carbocycles. The van der Waals surface area contributed by atoms with Crippen LogP contribution in [0, 0.1) is 11.3 Å². The van der Waals surface area contributed by atoms with Gasteiger partial charge in [-0.2, -0.15) is 5.26 Å². The van der Waals surface area contributed by atoms with Crippen molar-refractivity contribution in [2.24, 2.45) is 5.73 Å². The van der Waals surface area contributed by atoms with Crippen molar-refractivity contribution < 1.29 is 14.7 Å². The Kier molecular flexibility index (Phi) is 5.39. The van der Waals surface area contributed by atoms with Gasteiger partial charge in [0.05, 0.1) is 28.8 Å². The second kappa shape index (κ2) is 8.38. The highest BCUT2D eigenvalue weighted by Gasteiger charge is 2.27. The summed E-state index contributed by atoms with van der Waals surface area (Å²) < 4.78 is 1.78. The van der Waals surface area contributed by atoms with Crippen molar-refractivity contribution >= 4 is 28.4 Å². The van der Waals surface area contributed by atoms with Gasteiger partial charge in [0.15, 0.2) is 0 Å². The minimum atomic E-state index is -0.509. The van der Waals surface area contributed by atoms with E-state index in [4.69, 9.17) is 5.73 Å². The molecule has 0 radical (unpaired) electrons. The molecular weight excluding hydrogens is 416 g/mol. The average molecular weight is 443 g/mol. The Hall–Kier alpha value is -3.63. The summed E-state index contributed by atoms with van der Waals surface area (Å²) >= 11 is 0. The second-order valence-electron chi connectivity index (χ2n) is 9.02. The molecule has 0 unspecified atom stereocenters. The van der Waals surface area contributed by atoms with Crippen LogP contribution in [0.5, 0.6) is 0 Å². The summed E-state index contributed by atoms with van der Waals surface area (Å²) in [7, 11) is 0. The van der Waals surface area contributed by atoms with E-state index in [0.717, 1.165) is 66.2 Å². The van der Waals surface area contributed by atoms with Crippen LogP contribution >= 0.6 is 0 Å². The molecular formula is C26H26N4O3. The summed E-state index contributed by atoms with van der Waals surface area (Å²) in [6.07, 6.45) is 4.84. The number of nitrogens with one attached hydrogen (secondary N) is 1. The number of anilines is 1. The number of nitrogens with two attached hydrogens (primary N) is 1. The van der Waals surface area contributed by atoms with Crippen LogP contribution in [-0.2, 0) is 6.42 Å². The summed E-state index contributed by atoms with van der Waals surface area (Å²) in [5, 5.41) is 23.6. The molecule has 7 nitrogen and oxygen atoms in total. The fourth-order valence-corrected chi connectivity index (χ4v) is 5.25. The first-order valence-corrected chi connectivity index (χ1v) is 11.5. The molecule has 1 aromatic heterocycles. The Bertz CT molecular complexity index is 1310. The molecule has 168 valence electrons. The number of aliphatic hydroxyl groups is 1. The smallest absolute Gasteiger partial charge is 0.250 e. The molecule has 1 saturated carbocycles. The molecule has 4 N–H and O–H groups in total. The lowest BCUT2D eigenvalue weighted by molar-refractivity contribution is 0.0889. The molecule has 33 heavy (non-hydrogen) atoms. The average Bonchev–Trinajstić information content (AvgIpc) is 3.15. The van der Waals surface area contributed by atoms with Crippen molar-refractivity contribution in [3.63, 3.8) is 0 Å². The van der Waals surface area contributed by atoms with Crippen LogP contribution in [0.1, 0.15) is 64.9 Å². The van der Waals surface area contributed by atoms with Gasteiger partial charge in [-0.1, -0.05) is 6.07 Å². The largest absolute Gasteiger partial charge is 0.393 e.